The number of nitrogens with one attached hydrogen (secondary N) is 1. The summed E-state index contributed by atoms with van der Waals surface area (Å²) in [5, 5.41) is 13.1. The maximum Gasteiger partial charge on any atom is 0.223 e. The Labute approximate surface area is 264 Å². The third kappa shape index (κ3) is 19.4. The average molecular weight is 589 g/mol. The second-order valence-electron chi connectivity index (χ2n) is 10.3. The van der Waals surface area contributed by atoms with E-state index in [2.05, 4.69) is 111 Å². The summed E-state index contributed by atoms with van der Waals surface area (Å²) in [6.07, 6.45) is 18.4. The number of hydrogen-bond acceptors (Lipinski definition) is 3. The van der Waals surface area contributed by atoms with Gasteiger partial charge in [0.25, 0.3) is 0 Å². The van der Waals surface area contributed by atoms with E-state index in [1.54, 1.807) is 0 Å². The van der Waals surface area contributed by atoms with E-state index in [9.17, 15) is 9.90 Å². The predicted molar refractivity (Wildman–Crippen MR) is 190 cm³/mol. The van der Waals surface area contributed by atoms with Gasteiger partial charge in [0, 0.05) is 25.3 Å². The highest BCUT2D eigenvalue weighted by atomic mass is 16.3. The van der Waals surface area contributed by atoms with Crippen LogP contribution in [0, 0.1) is 0 Å². The maximum atomic E-state index is 12.1. The highest BCUT2D eigenvalue weighted by molar-refractivity contribution is 5.76. The fraction of sp³-hybridized carbons (Fsp3) is 0.462. The van der Waals surface area contributed by atoms with E-state index in [1.165, 1.54) is 24.1 Å². The number of rotatable bonds is 18. The number of aryl methyl sites for hydroxylation is 1. The van der Waals surface area contributed by atoms with Crippen molar-refractivity contribution in [2.45, 2.75) is 105 Å². The first-order valence-corrected chi connectivity index (χ1v) is 16.3. The number of para-hydroxylation sites is 1. The van der Waals surface area contributed by atoms with Crippen molar-refractivity contribution in [2.24, 2.45) is 0 Å². The summed E-state index contributed by atoms with van der Waals surface area (Å²) < 4.78 is 0. The van der Waals surface area contributed by atoms with Crippen LogP contribution in [0.2, 0.25) is 0 Å². The molecule has 4 heteroatoms. The Morgan fingerprint density at radius 1 is 0.884 bits per heavy atom. The average Bonchev–Trinajstić information content (AvgIpc) is 3.04. The lowest BCUT2D eigenvalue weighted by molar-refractivity contribution is -0.122. The molecule has 0 spiro atoms. The molecule has 0 aromatic heterocycles. The molecular formula is C39H60N2O2. The Balaban J connectivity index is 0.000000976. The van der Waals surface area contributed by atoms with Crippen molar-refractivity contribution in [3.05, 3.63) is 115 Å². The molecule has 0 radical (unpaired) electrons. The van der Waals surface area contributed by atoms with E-state index >= 15 is 0 Å². The Bertz CT molecular complexity index is 1040. The molecule has 0 heterocycles. The summed E-state index contributed by atoms with van der Waals surface area (Å²) in [6, 6.07) is 19.0. The lowest BCUT2D eigenvalue weighted by atomic mass is 10.0. The van der Waals surface area contributed by atoms with Gasteiger partial charge in [-0.3, -0.25) is 4.79 Å². The number of benzene rings is 2. The van der Waals surface area contributed by atoms with Gasteiger partial charge in [0.1, 0.15) is 0 Å². The molecule has 0 aliphatic carbocycles. The monoisotopic (exact) mass is 588 g/mol. The molecule has 0 saturated carbocycles. The molecule has 0 aliphatic heterocycles. The number of amides is 1. The molecule has 0 saturated heterocycles. The summed E-state index contributed by atoms with van der Waals surface area (Å²) in [4.78, 5) is 14.6. The minimum Gasteiger partial charge on any atom is -0.388 e. The number of aliphatic hydroxyl groups excluding tert-OH is 1. The Morgan fingerprint density at radius 2 is 1.53 bits per heavy atom. The van der Waals surface area contributed by atoms with Crippen molar-refractivity contribution in [1.82, 2.24) is 5.32 Å². The molecule has 1 amide bonds. The molecule has 2 rings (SSSR count). The molecule has 2 aromatic rings. The van der Waals surface area contributed by atoms with E-state index in [0.717, 1.165) is 62.8 Å². The van der Waals surface area contributed by atoms with Crippen LogP contribution in [0.4, 0.5) is 5.69 Å². The first kappa shape index (κ1) is 39.6. The largest absolute Gasteiger partial charge is 0.388 e. The summed E-state index contributed by atoms with van der Waals surface area (Å²) in [7, 11) is 0. The molecule has 43 heavy (non-hydrogen) atoms. The van der Waals surface area contributed by atoms with Crippen LogP contribution in [0.25, 0.3) is 0 Å². The Kier molecular flexibility index (Phi) is 25.3. The van der Waals surface area contributed by atoms with Crippen molar-refractivity contribution in [3.63, 3.8) is 0 Å². The third-order valence-electron chi connectivity index (χ3n) is 6.73. The number of carbonyl (C=O) groups excluding carboxylic acids is 1. The van der Waals surface area contributed by atoms with E-state index in [1.807, 2.05) is 32.1 Å². The van der Waals surface area contributed by atoms with Crippen LogP contribution in [0.1, 0.15) is 97.1 Å². The molecule has 1 atom stereocenters. The van der Waals surface area contributed by atoms with Gasteiger partial charge in [-0.1, -0.05) is 107 Å². The Morgan fingerprint density at radius 3 is 2.14 bits per heavy atom. The molecule has 0 fully saturated rings. The summed E-state index contributed by atoms with van der Waals surface area (Å²) in [6.45, 7) is 19.5. The van der Waals surface area contributed by atoms with Gasteiger partial charge in [0.2, 0.25) is 5.91 Å². The molecular weight excluding hydrogens is 528 g/mol. The standard InChI is InChI=1S/C25H37NO2.C12H19N.C2H4/c1-4-7-8-9-10-11-12-15-21-16-13-17-22(18-21)20-26-25(28)19-24(27)23(6-3)14-5-2;1-3-10-13(11-4-2)12-8-6-5-7-9-12;1-2/h7-10,13-14,16-18,24,27H,4-6,11-12,15,19-20H2,1-3H3,(H,26,28);5-9H,3-4,10-11H2,1-2H3;1-2H2/b8-7-,10-9-,23-14+;;. The van der Waals surface area contributed by atoms with Gasteiger partial charge in [-0.15, -0.1) is 13.2 Å². The van der Waals surface area contributed by atoms with Crippen LogP contribution in [0.3, 0.4) is 0 Å². The van der Waals surface area contributed by atoms with Gasteiger partial charge in [0.05, 0.1) is 12.5 Å². The normalized spacial score (nSPS) is 11.8. The number of carbonyl (C=O) groups is 1. The summed E-state index contributed by atoms with van der Waals surface area (Å²) in [5.41, 5.74) is 4.69. The number of aliphatic hydroxyl groups is 1. The zero-order valence-corrected chi connectivity index (χ0v) is 27.9. The van der Waals surface area contributed by atoms with Gasteiger partial charge >= 0.3 is 0 Å². The quantitative estimate of drug-likeness (QED) is 0.104. The molecule has 1 unspecified atom stereocenters. The lowest BCUT2D eigenvalue weighted by Gasteiger charge is -2.23. The minimum absolute atomic E-state index is 0.112. The zero-order valence-electron chi connectivity index (χ0n) is 27.9. The molecule has 0 aliphatic rings. The summed E-state index contributed by atoms with van der Waals surface area (Å²) in [5.74, 6) is -0.112. The topological polar surface area (TPSA) is 52.6 Å². The van der Waals surface area contributed by atoms with Crippen LogP contribution < -0.4 is 10.2 Å². The van der Waals surface area contributed by atoms with E-state index < -0.39 is 6.10 Å². The van der Waals surface area contributed by atoms with Crippen molar-refractivity contribution >= 4 is 11.6 Å². The van der Waals surface area contributed by atoms with Crippen molar-refractivity contribution in [1.29, 1.82) is 0 Å². The van der Waals surface area contributed by atoms with Gasteiger partial charge < -0.3 is 15.3 Å². The smallest absolute Gasteiger partial charge is 0.223 e. The summed E-state index contributed by atoms with van der Waals surface area (Å²) >= 11 is 0. The highest BCUT2D eigenvalue weighted by Crippen LogP contribution is 2.14. The number of allylic oxidation sites excluding steroid dienone is 5. The first-order chi connectivity index (χ1) is 21.0. The van der Waals surface area contributed by atoms with Crippen LogP contribution in [-0.2, 0) is 17.8 Å². The maximum absolute atomic E-state index is 12.1. The van der Waals surface area contributed by atoms with Crippen molar-refractivity contribution in [3.8, 4) is 0 Å². The van der Waals surface area contributed by atoms with E-state index in [4.69, 9.17) is 0 Å². The molecule has 4 nitrogen and oxygen atoms in total. The van der Waals surface area contributed by atoms with Gasteiger partial charge in [-0.05, 0) is 80.2 Å². The zero-order chi connectivity index (χ0) is 32.1. The van der Waals surface area contributed by atoms with Gasteiger partial charge in [-0.25, -0.2) is 0 Å². The van der Waals surface area contributed by atoms with Gasteiger partial charge in [-0.2, -0.15) is 0 Å². The van der Waals surface area contributed by atoms with Crippen molar-refractivity contribution < 1.29 is 9.90 Å². The lowest BCUT2D eigenvalue weighted by Crippen LogP contribution is -2.27. The van der Waals surface area contributed by atoms with Crippen molar-refractivity contribution in [2.75, 3.05) is 18.0 Å². The SMILES string of the molecule is C=C.CC/C=C\C=C/CCCc1cccc(CNC(=O)CC(O)/C(=C/CC)CC)c1.CCCN(CCC)c1ccccc1. The van der Waals surface area contributed by atoms with Gasteiger partial charge in [0.15, 0.2) is 0 Å². The second kappa shape index (κ2) is 27.5. The van der Waals surface area contributed by atoms with Crippen LogP contribution >= 0.6 is 0 Å². The van der Waals surface area contributed by atoms with Crippen LogP contribution in [0.15, 0.2) is 104 Å². The molecule has 238 valence electrons. The van der Waals surface area contributed by atoms with E-state index in [0.29, 0.717) is 6.54 Å². The predicted octanol–water partition coefficient (Wildman–Crippen LogP) is 9.76. The van der Waals surface area contributed by atoms with Crippen LogP contribution in [-0.4, -0.2) is 30.2 Å². The second-order valence-corrected chi connectivity index (χ2v) is 10.3. The third-order valence-corrected chi connectivity index (χ3v) is 6.73. The number of unbranched alkanes of at least 4 members (excludes halogenated alkanes) is 1. The molecule has 2 N–H and O–H groups in total. The van der Waals surface area contributed by atoms with E-state index in [-0.39, 0.29) is 12.3 Å². The number of anilines is 1. The van der Waals surface area contributed by atoms with Crippen LogP contribution in [0.5, 0.6) is 0 Å². The molecule has 2 aromatic carbocycles. The fourth-order valence-corrected chi connectivity index (χ4v) is 4.61. The number of hydrogen-bond donors (Lipinski definition) is 2. The first-order valence-electron chi connectivity index (χ1n) is 16.3. The highest BCUT2D eigenvalue weighted by Gasteiger charge is 2.13. The number of nitrogens with zero attached hydrogens (tertiary/aromatic N) is 1. The Hall–Kier alpha value is -3.37. The fourth-order valence-electron chi connectivity index (χ4n) is 4.61. The minimum atomic E-state index is -0.684. The molecule has 0 bridgehead atoms.